The molecule has 88 valence electrons. The van der Waals surface area contributed by atoms with Gasteiger partial charge in [0.05, 0.1) is 6.61 Å². The minimum Gasteiger partial charge on any atom is -0.494 e. The van der Waals surface area contributed by atoms with E-state index in [1.54, 1.807) is 0 Å². The van der Waals surface area contributed by atoms with Crippen molar-refractivity contribution in [1.82, 2.24) is 4.98 Å². The van der Waals surface area contributed by atoms with Crippen molar-refractivity contribution in [2.75, 3.05) is 6.61 Å². The van der Waals surface area contributed by atoms with Crippen LogP contribution in [0.1, 0.15) is 33.7 Å². The molecule has 0 bridgehead atoms. The number of aromatic amines is 1. The second-order valence-corrected chi connectivity index (χ2v) is 4.08. The molecule has 16 heavy (non-hydrogen) atoms. The summed E-state index contributed by atoms with van der Waals surface area (Å²) in [6.45, 7) is 5.16. The Hall–Kier alpha value is -1.44. The SMILES string of the molecule is CCCCOc1ccc2[nH]cc(CC)c2c1.[HH]. The van der Waals surface area contributed by atoms with E-state index in [2.05, 4.69) is 37.2 Å². The fourth-order valence-electron chi connectivity index (χ4n) is 1.87. The molecular formula is C14H21NO. The largest absolute Gasteiger partial charge is 0.494 e. The summed E-state index contributed by atoms with van der Waals surface area (Å²) in [4.78, 5) is 3.28. The molecule has 0 aliphatic carbocycles. The van der Waals surface area contributed by atoms with Gasteiger partial charge < -0.3 is 9.72 Å². The number of rotatable bonds is 5. The lowest BCUT2D eigenvalue weighted by molar-refractivity contribution is 0.310. The Bertz CT molecular complexity index is 464. The van der Waals surface area contributed by atoms with E-state index in [1.165, 1.54) is 22.9 Å². The summed E-state index contributed by atoms with van der Waals surface area (Å²) >= 11 is 0. The molecule has 1 aromatic carbocycles. The standard InChI is InChI=1S/C14H19NO.H2/c1-3-5-8-16-12-6-7-14-13(9-12)11(4-2)10-15-14;/h6-7,9-10,15H,3-5,8H2,1-2H3;1H. The van der Waals surface area contributed by atoms with E-state index < -0.39 is 0 Å². The Morgan fingerprint density at radius 2 is 2.19 bits per heavy atom. The molecule has 0 aliphatic rings. The lowest BCUT2D eigenvalue weighted by Crippen LogP contribution is -1.95. The molecule has 0 aliphatic heterocycles. The third-order valence-corrected chi connectivity index (χ3v) is 2.89. The van der Waals surface area contributed by atoms with Crippen LogP contribution >= 0.6 is 0 Å². The lowest BCUT2D eigenvalue weighted by Gasteiger charge is -2.05. The molecular weight excluding hydrogens is 198 g/mol. The Morgan fingerprint density at radius 1 is 1.31 bits per heavy atom. The van der Waals surface area contributed by atoms with Crippen LogP contribution in [-0.4, -0.2) is 11.6 Å². The maximum Gasteiger partial charge on any atom is 0.120 e. The Labute approximate surface area is 98.1 Å². The number of H-pyrrole nitrogens is 1. The second kappa shape index (κ2) is 5.06. The summed E-state index contributed by atoms with van der Waals surface area (Å²) in [7, 11) is 0. The Morgan fingerprint density at radius 3 is 2.94 bits per heavy atom. The molecule has 0 fully saturated rings. The second-order valence-electron chi connectivity index (χ2n) is 4.08. The minimum absolute atomic E-state index is 0. The maximum atomic E-state index is 5.71. The summed E-state index contributed by atoms with van der Waals surface area (Å²) in [5, 5.41) is 1.29. The average Bonchev–Trinajstić information content (AvgIpc) is 2.71. The first-order valence-electron chi connectivity index (χ1n) is 6.08. The van der Waals surface area contributed by atoms with Crippen LogP contribution in [0.25, 0.3) is 10.9 Å². The molecule has 2 aromatic rings. The number of hydrogen-bond donors (Lipinski definition) is 1. The molecule has 1 heterocycles. The summed E-state index contributed by atoms with van der Waals surface area (Å²) in [5.74, 6) is 0.982. The minimum atomic E-state index is 0. The fraction of sp³-hybridized carbons (Fsp3) is 0.429. The molecule has 1 N–H and O–H groups in total. The van der Waals surface area contributed by atoms with Crippen molar-refractivity contribution < 1.29 is 6.16 Å². The Balaban J connectivity index is 0.00000144. The summed E-state index contributed by atoms with van der Waals surface area (Å²) in [6.07, 6.45) is 5.43. The molecule has 0 saturated carbocycles. The molecule has 1 aromatic heterocycles. The van der Waals surface area contributed by atoms with Crippen LogP contribution in [0.2, 0.25) is 0 Å². The first kappa shape index (κ1) is 11.1. The number of hydrogen-bond acceptors (Lipinski definition) is 1. The summed E-state index contributed by atoms with van der Waals surface area (Å²) < 4.78 is 5.71. The van der Waals surface area contributed by atoms with Gasteiger partial charge in [-0.2, -0.15) is 0 Å². The van der Waals surface area contributed by atoms with Gasteiger partial charge in [0.15, 0.2) is 0 Å². The topological polar surface area (TPSA) is 25.0 Å². The predicted octanol–water partition coefficient (Wildman–Crippen LogP) is 4.16. The first-order valence-corrected chi connectivity index (χ1v) is 6.08. The lowest BCUT2D eigenvalue weighted by atomic mass is 10.1. The van der Waals surface area contributed by atoms with Gasteiger partial charge in [-0.25, -0.2) is 0 Å². The van der Waals surface area contributed by atoms with Crippen LogP contribution < -0.4 is 4.74 Å². The highest BCUT2D eigenvalue weighted by molar-refractivity contribution is 5.84. The van der Waals surface area contributed by atoms with E-state index in [0.29, 0.717) is 0 Å². The summed E-state index contributed by atoms with van der Waals surface area (Å²) in [5.41, 5.74) is 2.55. The number of fused-ring (bicyclic) bond motifs is 1. The molecule has 0 amide bonds. The van der Waals surface area contributed by atoms with Crippen LogP contribution in [0.4, 0.5) is 0 Å². The number of unbranched alkanes of at least 4 members (excludes halogenated alkanes) is 1. The highest BCUT2D eigenvalue weighted by Gasteiger charge is 2.03. The van der Waals surface area contributed by atoms with E-state index in [4.69, 9.17) is 4.74 Å². The molecule has 0 unspecified atom stereocenters. The molecule has 0 radical (unpaired) electrons. The monoisotopic (exact) mass is 219 g/mol. The van der Waals surface area contributed by atoms with Gasteiger partial charge in [0.2, 0.25) is 0 Å². The van der Waals surface area contributed by atoms with Gasteiger partial charge in [-0.15, -0.1) is 0 Å². The molecule has 0 spiro atoms. The van der Waals surface area contributed by atoms with Crippen LogP contribution in [0.5, 0.6) is 5.75 Å². The van der Waals surface area contributed by atoms with Gasteiger partial charge in [0.25, 0.3) is 0 Å². The molecule has 0 saturated heterocycles. The van der Waals surface area contributed by atoms with E-state index in [9.17, 15) is 0 Å². The zero-order chi connectivity index (χ0) is 11.4. The highest BCUT2D eigenvalue weighted by atomic mass is 16.5. The van der Waals surface area contributed by atoms with Crippen molar-refractivity contribution >= 4 is 10.9 Å². The van der Waals surface area contributed by atoms with Crippen LogP contribution in [0, 0.1) is 0 Å². The number of ether oxygens (including phenoxy) is 1. The smallest absolute Gasteiger partial charge is 0.120 e. The quantitative estimate of drug-likeness (QED) is 0.751. The zero-order valence-corrected chi connectivity index (χ0v) is 10.0. The maximum absolute atomic E-state index is 5.71. The molecule has 2 rings (SSSR count). The van der Waals surface area contributed by atoms with Crippen molar-refractivity contribution in [2.24, 2.45) is 0 Å². The average molecular weight is 219 g/mol. The molecule has 2 heteroatoms. The predicted molar refractivity (Wildman–Crippen MR) is 70.2 cm³/mol. The van der Waals surface area contributed by atoms with E-state index in [1.807, 2.05) is 6.07 Å². The van der Waals surface area contributed by atoms with Crippen molar-refractivity contribution in [3.8, 4) is 5.75 Å². The van der Waals surface area contributed by atoms with Crippen molar-refractivity contribution in [1.29, 1.82) is 0 Å². The van der Waals surface area contributed by atoms with E-state index >= 15 is 0 Å². The van der Waals surface area contributed by atoms with Gasteiger partial charge in [0, 0.05) is 18.5 Å². The first-order chi connectivity index (χ1) is 7.85. The third kappa shape index (κ3) is 2.21. The summed E-state index contributed by atoms with van der Waals surface area (Å²) in [6, 6.07) is 6.27. The van der Waals surface area contributed by atoms with Gasteiger partial charge in [0.1, 0.15) is 5.75 Å². The number of aromatic nitrogens is 1. The van der Waals surface area contributed by atoms with Crippen LogP contribution in [0.3, 0.4) is 0 Å². The zero-order valence-electron chi connectivity index (χ0n) is 10.0. The fourth-order valence-corrected chi connectivity index (χ4v) is 1.87. The number of aryl methyl sites for hydroxylation is 1. The highest BCUT2D eigenvalue weighted by Crippen LogP contribution is 2.24. The normalized spacial score (nSPS) is 10.9. The van der Waals surface area contributed by atoms with Gasteiger partial charge in [-0.1, -0.05) is 20.3 Å². The van der Waals surface area contributed by atoms with Crippen LogP contribution in [-0.2, 0) is 6.42 Å². The third-order valence-electron chi connectivity index (χ3n) is 2.89. The van der Waals surface area contributed by atoms with E-state index in [-0.39, 0.29) is 1.43 Å². The Kier molecular flexibility index (Phi) is 3.50. The van der Waals surface area contributed by atoms with Gasteiger partial charge in [-0.05, 0) is 36.6 Å². The van der Waals surface area contributed by atoms with Crippen molar-refractivity contribution in [2.45, 2.75) is 33.1 Å². The van der Waals surface area contributed by atoms with Gasteiger partial charge in [-0.3, -0.25) is 0 Å². The molecule has 2 nitrogen and oxygen atoms in total. The van der Waals surface area contributed by atoms with E-state index in [0.717, 1.165) is 25.2 Å². The van der Waals surface area contributed by atoms with Crippen molar-refractivity contribution in [3.63, 3.8) is 0 Å². The number of benzene rings is 1. The van der Waals surface area contributed by atoms with Crippen molar-refractivity contribution in [3.05, 3.63) is 30.0 Å². The number of nitrogens with one attached hydrogen (secondary N) is 1. The van der Waals surface area contributed by atoms with Gasteiger partial charge >= 0.3 is 0 Å². The van der Waals surface area contributed by atoms with Crippen LogP contribution in [0.15, 0.2) is 24.4 Å². The molecule has 0 atom stereocenters.